The average Bonchev–Trinajstić information content (AvgIpc) is 2.81. The Labute approximate surface area is 195 Å². The summed E-state index contributed by atoms with van der Waals surface area (Å²) >= 11 is 0. The Balaban J connectivity index is 1.71. The van der Waals surface area contributed by atoms with Crippen molar-refractivity contribution in [2.24, 2.45) is 5.92 Å². The monoisotopic (exact) mass is 484 g/mol. The zero-order chi connectivity index (χ0) is 25.1. The molecule has 186 valence electrons. The highest BCUT2D eigenvalue weighted by molar-refractivity contribution is 5.95. The van der Waals surface area contributed by atoms with Crippen molar-refractivity contribution in [1.82, 2.24) is 4.90 Å². The lowest BCUT2D eigenvalue weighted by molar-refractivity contribution is -0.165. The van der Waals surface area contributed by atoms with Crippen molar-refractivity contribution >= 4 is 29.3 Å². The number of benzene rings is 1. The number of carbonyl (C=O) groups is 4. The van der Waals surface area contributed by atoms with Gasteiger partial charge in [-0.05, 0) is 43.5 Å². The summed E-state index contributed by atoms with van der Waals surface area (Å²) in [5.41, 5.74) is 0.768. The Bertz CT molecular complexity index is 891. The van der Waals surface area contributed by atoms with Crippen LogP contribution >= 0.6 is 0 Å². The van der Waals surface area contributed by atoms with E-state index >= 15 is 0 Å². The number of unbranched alkanes of at least 4 members (excludes halogenated alkanes) is 1. The molecule has 0 spiro atoms. The fourth-order valence-electron chi connectivity index (χ4n) is 3.09. The van der Waals surface area contributed by atoms with Gasteiger partial charge in [0.2, 0.25) is 0 Å². The first-order valence-corrected chi connectivity index (χ1v) is 10.9. The Morgan fingerprint density at radius 2 is 1.74 bits per heavy atom. The number of hydrogen-bond donors (Lipinski definition) is 1. The number of alkyl halides is 3. The van der Waals surface area contributed by atoms with E-state index in [4.69, 9.17) is 9.47 Å². The van der Waals surface area contributed by atoms with E-state index in [2.05, 4.69) is 5.32 Å². The first-order chi connectivity index (χ1) is 16.1. The molecule has 0 bridgehead atoms. The topological polar surface area (TPSA) is 102 Å². The number of anilines is 1. The number of hydrogen-bond acceptors (Lipinski definition) is 7. The molecule has 8 nitrogen and oxygen atoms in total. The van der Waals surface area contributed by atoms with E-state index in [1.165, 1.54) is 29.2 Å². The molecule has 0 radical (unpaired) electrons. The van der Waals surface area contributed by atoms with Gasteiger partial charge in [0, 0.05) is 31.1 Å². The van der Waals surface area contributed by atoms with Crippen LogP contribution in [0.1, 0.15) is 43.0 Å². The van der Waals surface area contributed by atoms with Crippen molar-refractivity contribution in [3.05, 3.63) is 42.1 Å². The highest BCUT2D eigenvalue weighted by Gasteiger charge is 2.36. The minimum absolute atomic E-state index is 0.279. The van der Waals surface area contributed by atoms with Crippen LogP contribution in [0.25, 0.3) is 0 Å². The van der Waals surface area contributed by atoms with Crippen LogP contribution in [-0.4, -0.2) is 61.0 Å². The van der Waals surface area contributed by atoms with Crippen LogP contribution in [-0.2, 0) is 23.9 Å². The predicted molar refractivity (Wildman–Crippen MR) is 116 cm³/mol. The summed E-state index contributed by atoms with van der Waals surface area (Å²) in [4.78, 5) is 48.5. The van der Waals surface area contributed by atoms with E-state index in [0.29, 0.717) is 36.8 Å². The number of carbonyl (C=O) groups excluding carboxylic acids is 4. The van der Waals surface area contributed by atoms with Crippen LogP contribution < -0.4 is 5.32 Å². The van der Waals surface area contributed by atoms with Crippen LogP contribution in [0.3, 0.4) is 0 Å². The number of allylic oxidation sites excluding steroid dienone is 1. The largest absolute Gasteiger partial charge is 0.462 e. The van der Waals surface area contributed by atoms with Gasteiger partial charge in [0.25, 0.3) is 11.7 Å². The summed E-state index contributed by atoms with van der Waals surface area (Å²) in [5, 5.41) is 2.56. The van der Waals surface area contributed by atoms with Crippen molar-refractivity contribution in [3.8, 4) is 0 Å². The Kier molecular flexibility index (Phi) is 10.1. The molecule has 1 aromatic rings. The van der Waals surface area contributed by atoms with Gasteiger partial charge in [-0.15, -0.1) is 0 Å². The number of esters is 2. The molecule has 1 aromatic carbocycles. The van der Waals surface area contributed by atoms with E-state index in [0.717, 1.165) is 19.0 Å². The summed E-state index contributed by atoms with van der Waals surface area (Å²) in [5.74, 6) is -4.02. The summed E-state index contributed by atoms with van der Waals surface area (Å²) in [7, 11) is 0. The Morgan fingerprint density at radius 3 is 2.32 bits per heavy atom. The lowest BCUT2D eigenvalue weighted by Crippen LogP contribution is -2.35. The molecule has 0 atom stereocenters. The summed E-state index contributed by atoms with van der Waals surface area (Å²) in [6.45, 7) is 2.38. The Hall–Kier alpha value is -3.37. The molecule has 1 aliphatic rings. The highest BCUT2D eigenvalue weighted by Crippen LogP contribution is 2.20. The van der Waals surface area contributed by atoms with Crippen molar-refractivity contribution in [3.63, 3.8) is 0 Å². The molecule has 0 aliphatic carbocycles. The maximum atomic E-state index is 12.2. The van der Waals surface area contributed by atoms with Crippen molar-refractivity contribution in [2.45, 2.75) is 38.8 Å². The average molecular weight is 484 g/mol. The number of ether oxygens (including phenoxy) is 2. The second kappa shape index (κ2) is 12.8. The number of nitrogens with zero attached hydrogens (tertiary/aromatic N) is 1. The summed E-state index contributed by atoms with van der Waals surface area (Å²) < 4.78 is 46.8. The van der Waals surface area contributed by atoms with Crippen molar-refractivity contribution in [2.75, 3.05) is 31.6 Å². The first-order valence-electron chi connectivity index (χ1n) is 10.9. The maximum absolute atomic E-state index is 12.2. The molecule has 2 rings (SSSR count). The van der Waals surface area contributed by atoms with Gasteiger partial charge in [-0.1, -0.05) is 13.3 Å². The van der Waals surface area contributed by atoms with E-state index in [-0.39, 0.29) is 13.1 Å². The summed E-state index contributed by atoms with van der Waals surface area (Å²) in [6.07, 6.45) is -1.06. The number of halogens is 3. The van der Waals surface area contributed by atoms with Gasteiger partial charge in [0.15, 0.2) is 6.61 Å². The summed E-state index contributed by atoms with van der Waals surface area (Å²) in [6, 6.07) is 6.09. The normalized spacial score (nSPS) is 14.6. The van der Waals surface area contributed by atoms with Gasteiger partial charge in [0.1, 0.15) is 0 Å². The van der Waals surface area contributed by atoms with Crippen LogP contribution in [0, 0.1) is 5.92 Å². The number of rotatable bonds is 10. The smallest absolute Gasteiger partial charge is 0.454 e. The number of likely N-dealkylation sites (tertiary alicyclic amines) is 1. The molecule has 0 unspecified atom stereocenters. The van der Waals surface area contributed by atoms with Crippen molar-refractivity contribution < 1.29 is 41.8 Å². The Morgan fingerprint density at radius 1 is 1.09 bits per heavy atom. The molecular formula is C23H27F3N2O6. The third-order valence-electron chi connectivity index (χ3n) is 5.06. The van der Waals surface area contributed by atoms with Crippen LogP contribution in [0.5, 0.6) is 0 Å². The third kappa shape index (κ3) is 8.87. The van der Waals surface area contributed by atoms with Gasteiger partial charge in [-0.2, -0.15) is 13.2 Å². The molecule has 11 heteroatoms. The van der Waals surface area contributed by atoms with Crippen molar-refractivity contribution in [1.29, 1.82) is 0 Å². The molecule has 1 fully saturated rings. The second-order valence-corrected chi connectivity index (χ2v) is 7.71. The first kappa shape index (κ1) is 26.9. The molecule has 34 heavy (non-hydrogen) atoms. The standard InChI is InChI=1S/C23H27F3N2O6/c1-2-3-14-33-21(31)16-4-6-18(7-5-16)27-20(30)15-34-22(32)17-8-11-28(12-9-17)13-10-19(29)23(24,25)26/h4-7,10,13,17H,2-3,8-9,11-12,14-15H2,1H3,(H,27,30). The molecule has 1 heterocycles. The molecule has 1 amide bonds. The minimum atomic E-state index is -4.92. The van der Waals surface area contributed by atoms with Gasteiger partial charge in [0.05, 0.1) is 18.1 Å². The number of nitrogens with one attached hydrogen (secondary N) is 1. The van der Waals surface area contributed by atoms with Gasteiger partial charge in [-0.3, -0.25) is 14.4 Å². The lowest BCUT2D eigenvalue weighted by atomic mass is 9.97. The SMILES string of the molecule is CCCCOC(=O)c1ccc(NC(=O)COC(=O)C2CCN(C=CC(=O)C(F)(F)F)CC2)cc1. The quantitative estimate of drug-likeness (QED) is 0.308. The molecule has 0 saturated carbocycles. The fourth-order valence-corrected chi connectivity index (χ4v) is 3.09. The van der Waals surface area contributed by atoms with Gasteiger partial charge in [-0.25, -0.2) is 4.79 Å². The van der Waals surface area contributed by atoms with E-state index < -0.39 is 42.3 Å². The molecule has 1 N–H and O–H groups in total. The van der Waals surface area contributed by atoms with Crippen LogP contribution in [0.2, 0.25) is 0 Å². The number of ketones is 1. The number of amides is 1. The zero-order valence-corrected chi connectivity index (χ0v) is 18.7. The zero-order valence-electron chi connectivity index (χ0n) is 18.7. The lowest BCUT2D eigenvalue weighted by Gasteiger charge is -2.29. The van der Waals surface area contributed by atoms with Crippen LogP contribution in [0.4, 0.5) is 18.9 Å². The van der Waals surface area contributed by atoms with Crippen LogP contribution in [0.15, 0.2) is 36.5 Å². The van der Waals surface area contributed by atoms with Gasteiger partial charge < -0.3 is 19.7 Å². The maximum Gasteiger partial charge on any atom is 0.454 e. The van der Waals surface area contributed by atoms with E-state index in [1.54, 1.807) is 0 Å². The van der Waals surface area contributed by atoms with E-state index in [1.807, 2.05) is 6.92 Å². The van der Waals surface area contributed by atoms with E-state index in [9.17, 15) is 32.3 Å². The predicted octanol–water partition coefficient (Wildman–Crippen LogP) is 3.48. The molecule has 0 aromatic heterocycles. The number of piperidine rings is 1. The molecule has 1 aliphatic heterocycles. The molecular weight excluding hydrogens is 457 g/mol. The van der Waals surface area contributed by atoms with Gasteiger partial charge >= 0.3 is 18.1 Å². The highest BCUT2D eigenvalue weighted by atomic mass is 19.4. The second-order valence-electron chi connectivity index (χ2n) is 7.71. The molecule has 1 saturated heterocycles. The fraction of sp³-hybridized carbons (Fsp3) is 0.478. The minimum Gasteiger partial charge on any atom is -0.462 e. The third-order valence-corrected chi connectivity index (χ3v) is 5.06.